The Balaban J connectivity index is 1.70. The second kappa shape index (κ2) is 6.83. The highest BCUT2D eigenvalue weighted by atomic mass is 16.2. The Hall–Kier alpha value is -2.69. The molecule has 2 aromatic rings. The Morgan fingerprint density at radius 1 is 1.25 bits per heavy atom. The van der Waals surface area contributed by atoms with Crippen molar-refractivity contribution in [2.45, 2.75) is 32.7 Å². The van der Waals surface area contributed by atoms with E-state index in [1.165, 1.54) is 0 Å². The predicted molar refractivity (Wildman–Crippen MR) is 92.0 cm³/mol. The standard InChI is InChI=1S/C19H21N3O2/c1-13-15(12-21-22(13)2)11-20-19(24)10-17-16(8-9-18(17)23)14-6-4-3-5-7-14/h3-7,12H,8-11H2,1-2H3,(H,20,24). The largest absolute Gasteiger partial charge is 0.352 e. The number of nitrogens with zero attached hydrogens (tertiary/aromatic N) is 2. The SMILES string of the molecule is Cc1c(CNC(=O)CC2=C(c3ccccc3)CCC2=O)cnn1C. The van der Waals surface area contributed by atoms with E-state index in [2.05, 4.69) is 10.4 Å². The molecule has 0 aliphatic heterocycles. The van der Waals surface area contributed by atoms with Crippen LogP contribution in [0.5, 0.6) is 0 Å². The molecule has 0 radical (unpaired) electrons. The molecule has 0 bridgehead atoms. The van der Waals surface area contributed by atoms with Crippen molar-refractivity contribution >= 4 is 17.3 Å². The quantitative estimate of drug-likeness (QED) is 0.920. The summed E-state index contributed by atoms with van der Waals surface area (Å²) >= 11 is 0. The van der Waals surface area contributed by atoms with E-state index in [9.17, 15) is 9.59 Å². The third-order valence-corrected chi connectivity index (χ3v) is 4.58. The zero-order chi connectivity index (χ0) is 17.1. The third-order valence-electron chi connectivity index (χ3n) is 4.58. The number of Topliss-reactive ketones (excluding diaryl/α,β-unsaturated/α-hetero) is 1. The van der Waals surface area contributed by atoms with Crippen molar-refractivity contribution in [3.63, 3.8) is 0 Å². The van der Waals surface area contributed by atoms with Crippen LogP contribution < -0.4 is 5.32 Å². The normalized spacial score (nSPS) is 14.3. The lowest BCUT2D eigenvalue weighted by Crippen LogP contribution is -2.24. The van der Waals surface area contributed by atoms with E-state index in [0.717, 1.165) is 22.4 Å². The van der Waals surface area contributed by atoms with Crippen molar-refractivity contribution in [1.82, 2.24) is 15.1 Å². The highest BCUT2D eigenvalue weighted by molar-refractivity contribution is 6.10. The number of hydrogen-bond donors (Lipinski definition) is 1. The van der Waals surface area contributed by atoms with E-state index in [4.69, 9.17) is 0 Å². The smallest absolute Gasteiger partial charge is 0.224 e. The van der Waals surface area contributed by atoms with Crippen LogP contribution in [-0.2, 0) is 23.2 Å². The molecule has 0 atom stereocenters. The van der Waals surface area contributed by atoms with Gasteiger partial charge in [-0.2, -0.15) is 5.10 Å². The molecule has 124 valence electrons. The number of aryl methyl sites for hydroxylation is 1. The minimum Gasteiger partial charge on any atom is -0.352 e. The van der Waals surface area contributed by atoms with Gasteiger partial charge in [0.2, 0.25) is 5.91 Å². The summed E-state index contributed by atoms with van der Waals surface area (Å²) in [5.74, 6) is -0.0431. The summed E-state index contributed by atoms with van der Waals surface area (Å²) in [5.41, 5.74) is 4.71. The Morgan fingerprint density at radius 2 is 2.00 bits per heavy atom. The fourth-order valence-electron chi connectivity index (χ4n) is 3.01. The van der Waals surface area contributed by atoms with Crippen LogP contribution in [0.4, 0.5) is 0 Å². The van der Waals surface area contributed by atoms with Crippen molar-refractivity contribution in [2.24, 2.45) is 7.05 Å². The molecule has 24 heavy (non-hydrogen) atoms. The van der Waals surface area contributed by atoms with E-state index in [1.807, 2.05) is 44.3 Å². The van der Waals surface area contributed by atoms with Gasteiger partial charge in [-0.1, -0.05) is 30.3 Å². The molecule has 5 nitrogen and oxygen atoms in total. The molecule has 0 unspecified atom stereocenters. The van der Waals surface area contributed by atoms with Crippen LogP contribution in [0.25, 0.3) is 5.57 Å². The molecule has 1 aromatic carbocycles. The molecule has 0 saturated heterocycles. The van der Waals surface area contributed by atoms with E-state index in [0.29, 0.717) is 25.0 Å². The summed E-state index contributed by atoms with van der Waals surface area (Å²) in [5, 5.41) is 7.06. The number of ketones is 1. The van der Waals surface area contributed by atoms with E-state index >= 15 is 0 Å². The van der Waals surface area contributed by atoms with Crippen molar-refractivity contribution in [3.8, 4) is 0 Å². The van der Waals surface area contributed by atoms with Gasteiger partial charge in [0.15, 0.2) is 5.78 Å². The van der Waals surface area contributed by atoms with Crippen LogP contribution in [0.1, 0.15) is 36.1 Å². The topological polar surface area (TPSA) is 64.0 Å². The molecular formula is C19H21N3O2. The Kier molecular flexibility index (Phi) is 4.60. The fraction of sp³-hybridized carbons (Fsp3) is 0.316. The molecule has 1 amide bonds. The maximum Gasteiger partial charge on any atom is 0.224 e. The van der Waals surface area contributed by atoms with E-state index < -0.39 is 0 Å². The second-order valence-electron chi connectivity index (χ2n) is 6.08. The van der Waals surface area contributed by atoms with Gasteiger partial charge in [0.1, 0.15) is 0 Å². The summed E-state index contributed by atoms with van der Waals surface area (Å²) < 4.78 is 1.78. The number of benzene rings is 1. The highest BCUT2D eigenvalue weighted by Gasteiger charge is 2.25. The minimum atomic E-state index is -0.128. The number of carbonyl (C=O) groups is 2. The molecule has 3 rings (SSSR count). The number of rotatable bonds is 5. The average Bonchev–Trinajstić information content (AvgIpc) is 3.10. The lowest BCUT2D eigenvalue weighted by atomic mass is 10.00. The maximum absolute atomic E-state index is 12.3. The molecular weight excluding hydrogens is 302 g/mol. The first-order chi connectivity index (χ1) is 11.6. The molecule has 0 saturated carbocycles. The third kappa shape index (κ3) is 3.30. The molecule has 1 heterocycles. The second-order valence-corrected chi connectivity index (χ2v) is 6.08. The zero-order valence-electron chi connectivity index (χ0n) is 14.0. The first-order valence-electron chi connectivity index (χ1n) is 8.11. The fourth-order valence-corrected chi connectivity index (χ4v) is 3.01. The van der Waals surface area contributed by atoms with Crippen LogP contribution in [-0.4, -0.2) is 21.5 Å². The van der Waals surface area contributed by atoms with Gasteiger partial charge in [0, 0.05) is 36.8 Å². The Bertz CT molecular complexity index is 803. The number of hydrogen-bond acceptors (Lipinski definition) is 3. The van der Waals surface area contributed by atoms with Crippen LogP contribution in [0.3, 0.4) is 0 Å². The zero-order valence-corrected chi connectivity index (χ0v) is 14.0. The number of allylic oxidation sites excluding steroid dienone is 1. The van der Waals surface area contributed by atoms with Crippen LogP contribution in [0.15, 0.2) is 42.1 Å². The van der Waals surface area contributed by atoms with Gasteiger partial charge >= 0.3 is 0 Å². The lowest BCUT2D eigenvalue weighted by molar-refractivity contribution is -0.122. The molecule has 0 fully saturated rings. The van der Waals surface area contributed by atoms with Crippen LogP contribution in [0.2, 0.25) is 0 Å². The average molecular weight is 323 g/mol. The molecule has 1 aliphatic rings. The van der Waals surface area contributed by atoms with Crippen molar-refractivity contribution in [2.75, 3.05) is 0 Å². The summed E-state index contributed by atoms with van der Waals surface area (Å²) in [4.78, 5) is 24.5. The molecule has 1 aliphatic carbocycles. The van der Waals surface area contributed by atoms with Gasteiger partial charge in [-0.3, -0.25) is 14.3 Å². The molecule has 0 spiro atoms. The monoisotopic (exact) mass is 323 g/mol. The molecule has 1 aromatic heterocycles. The number of nitrogens with one attached hydrogen (secondary N) is 1. The Morgan fingerprint density at radius 3 is 2.67 bits per heavy atom. The Labute approximate surface area is 141 Å². The summed E-state index contributed by atoms with van der Waals surface area (Å²) in [6.07, 6.45) is 3.11. The first-order valence-corrected chi connectivity index (χ1v) is 8.11. The maximum atomic E-state index is 12.3. The van der Waals surface area contributed by atoms with Gasteiger partial charge in [0.05, 0.1) is 12.6 Å². The minimum absolute atomic E-state index is 0.0848. The van der Waals surface area contributed by atoms with Crippen LogP contribution >= 0.6 is 0 Å². The van der Waals surface area contributed by atoms with Crippen molar-refractivity contribution < 1.29 is 9.59 Å². The van der Waals surface area contributed by atoms with Crippen molar-refractivity contribution in [3.05, 3.63) is 58.9 Å². The highest BCUT2D eigenvalue weighted by Crippen LogP contribution is 2.33. The summed E-state index contributed by atoms with van der Waals surface area (Å²) in [7, 11) is 1.87. The van der Waals surface area contributed by atoms with Gasteiger partial charge < -0.3 is 5.32 Å². The number of amides is 1. The summed E-state index contributed by atoms with van der Waals surface area (Å²) in [6.45, 7) is 2.39. The molecule has 5 heteroatoms. The predicted octanol–water partition coefficient (Wildman–Crippen LogP) is 2.55. The lowest BCUT2D eigenvalue weighted by Gasteiger charge is -2.08. The number of aromatic nitrogens is 2. The number of carbonyl (C=O) groups excluding carboxylic acids is 2. The van der Waals surface area contributed by atoms with Gasteiger partial charge in [-0.15, -0.1) is 0 Å². The van der Waals surface area contributed by atoms with Gasteiger partial charge in [0.25, 0.3) is 0 Å². The van der Waals surface area contributed by atoms with Crippen LogP contribution in [0, 0.1) is 6.92 Å². The van der Waals surface area contributed by atoms with E-state index in [1.54, 1.807) is 10.9 Å². The van der Waals surface area contributed by atoms with Gasteiger partial charge in [-0.25, -0.2) is 0 Å². The summed E-state index contributed by atoms with van der Waals surface area (Å²) in [6, 6.07) is 9.83. The van der Waals surface area contributed by atoms with Crippen molar-refractivity contribution in [1.29, 1.82) is 0 Å². The van der Waals surface area contributed by atoms with E-state index in [-0.39, 0.29) is 18.1 Å². The molecule has 1 N–H and O–H groups in total. The first kappa shape index (κ1) is 16.2. The van der Waals surface area contributed by atoms with Gasteiger partial charge in [-0.05, 0) is 24.5 Å².